The second-order valence-corrected chi connectivity index (χ2v) is 5.87. The van der Waals surface area contributed by atoms with Gasteiger partial charge >= 0.3 is 0 Å². The number of aromatic nitrogens is 2. The standard InChI is InChI=1S/C15H26N6O/c1-2-15(19-18-3-1)17-12-14-13-21(10-11-22-14)9-8-20-6-4-16-5-7-20/h1-3,14,16H,4-13H2,(H,17,19). The zero-order valence-corrected chi connectivity index (χ0v) is 13.1. The Morgan fingerprint density at radius 2 is 2.09 bits per heavy atom. The van der Waals surface area contributed by atoms with Gasteiger partial charge in [0.2, 0.25) is 0 Å². The molecule has 0 radical (unpaired) electrons. The van der Waals surface area contributed by atoms with E-state index >= 15 is 0 Å². The van der Waals surface area contributed by atoms with Crippen LogP contribution in [0.4, 0.5) is 5.82 Å². The molecule has 7 nitrogen and oxygen atoms in total. The molecule has 22 heavy (non-hydrogen) atoms. The molecule has 0 bridgehead atoms. The highest BCUT2D eigenvalue weighted by atomic mass is 16.5. The summed E-state index contributed by atoms with van der Waals surface area (Å²) in [5, 5.41) is 14.6. The highest BCUT2D eigenvalue weighted by Gasteiger charge is 2.21. The fourth-order valence-electron chi connectivity index (χ4n) is 2.94. The Labute approximate surface area is 132 Å². The minimum absolute atomic E-state index is 0.221. The third-order valence-corrected chi connectivity index (χ3v) is 4.25. The molecule has 0 amide bonds. The van der Waals surface area contributed by atoms with Crippen LogP contribution in [0.5, 0.6) is 0 Å². The van der Waals surface area contributed by atoms with Gasteiger partial charge < -0.3 is 15.4 Å². The molecule has 3 rings (SSSR count). The van der Waals surface area contributed by atoms with Crippen molar-refractivity contribution >= 4 is 5.82 Å². The summed E-state index contributed by atoms with van der Waals surface area (Å²) in [6.45, 7) is 10.5. The molecule has 2 N–H and O–H groups in total. The quantitative estimate of drug-likeness (QED) is 0.734. The van der Waals surface area contributed by atoms with Crippen molar-refractivity contribution in [2.24, 2.45) is 0 Å². The number of rotatable bonds is 6. The minimum atomic E-state index is 0.221. The second-order valence-electron chi connectivity index (χ2n) is 5.87. The molecule has 0 saturated carbocycles. The lowest BCUT2D eigenvalue weighted by atomic mass is 10.2. The summed E-state index contributed by atoms with van der Waals surface area (Å²) in [5.41, 5.74) is 0. The molecule has 0 aromatic carbocycles. The van der Waals surface area contributed by atoms with Gasteiger partial charge in [-0.05, 0) is 12.1 Å². The van der Waals surface area contributed by atoms with Gasteiger partial charge in [0.25, 0.3) is 0 Å². The van der Waals surface area contributed by atoms with Crippen LogP contribution < -0.4 is 10.6 Å². The zero-order valence-electron chi connectivity index (χ0n) is 13.1. The maximum atomic E-state index is 5.85. The predicted octanol–water partition coefficient (Wildman–Crippen LogP) is -0.505. The first-order chi connectivity index (χ1) is 10.9. The van der Waals surface area contributed by atoms with E-state index in [0.29, 0.717) is 0 Å². The Hall–Kier alpha value is -1.28. The number of morpholine rings is 1. The Bertz CT molecular complexity index is 425. The van der Waals surface area contributed by atoms with Gasteiger partial charge in [0.1, 0.15) is 5.82 Å². The third kappa shape index (κ3) is 4.88. The average Bonchev–Trinajstić information content (AvgIpc) is 2.60. The van der Waals surface area contributed by atoms with Crippen molar-refractivity contribution in [3.63, 3.8) is 0 Å². The molecule has 0 aliphatic carbocycles. The van der Waals surface area contributed by atoms with Crippen LogP contribution in [-0.4, -0.2) is 91.6 Å². The van der Waals surface area contributed by atoms with Crippen LogP contribution in [0, 0.1) is 0 Å². The van der Waals surface area contributed by atoms with Gasteiger partial charge in [-0.2, -0.15) is 5.10 Å². The summed E-state index contributed by atoms with van der Waals surface area (Å²) >= 11 is 0. The Morgan fingerprint density at radius 1 is 1.23 bits per heavy atom. The summed E-state index contributed by atoms with van der Waals surface area (Å²) in [6.07, 6.45) is 1.90. The number of hydrogen-bond acceptors (Lipinski definition) is 7. The van der Waals surface area contributed by atoms with E-state index in [4.69, 9.17) is 4.74 Å². The van der Waals surface area contributed by atoms with Gasteiger partial charge in [-0.25, -0.2) is 0 Å². The van der Waals surface area contributed by atoms with Crippen LogP contribution in [-0.2, 0) is 4.74 Å². The molecule has 3 heterocycles. The lowest BCUT2D eigenvalue weighted by molar-refractivity contribution is -0.0236. The van der Waals surface area contributed by atoms with Gasteiger partial charge in [0.15, 0.2) is 0 Å². The molecule has 7 heteroatoms. The summed E-state index contributed by atoms with van der Waals surface area (Å²) < 4.78 is 5.85. The lowest BCUT2D eigenvalue weighted by Crippen LogP contribution is -2.50. The van der Waals surface area contributed by atoms with E-state index in [1.54, 1.807) is 6.20 Å². The van der Waals surface area contributed by atoms with Crippen molar-refractivity contribution in [2.45, 2.75) is 6.10 Å². The normalized spacial score (nSPS) is 24.3. The highest BCUT2D eigenvalue weighted by molar-refractivity contribution is 5.31. The van der Waals surface area contributed by atoms with Crippen LogP contribution in [0.2, 0.25) is 0 Å². The number of ether oxygens (including phenoxy) is 1. The SMILES string of the molecule is c1cnnc(NCC2CN(CCN3CCNCC3)CCO2)c1. The molecule has 0 spiro atoms. The fraction of sp³-hybridized carbons (Fsp3) is 0.733. The summed E-state index contributed by atoms with van der Waals surface area (Å²) in [5.74, 6) is 0.809. The molecule has 1 atom stereocenters. The fourth-order valence-corrected chi connectivity index (χ4v) is 2.94. The Balaban J connectivity index is 1.37. The highest BCUT2D eigenvalue weighted by Crippen LogP contribution is 2.07. The summed E-state index contributed by atoms with van der Waals surface area (Å²) in [7, 11) is 0. The first-order valence-corrected chi connectivity index (χ1v) is 8.19. The topological polar surface area (TPSA) is 65.6 Å². The maximum Gasteiger partial charge on any atom is 0.148 e. The average molecular weight is 306 g/mol. The van der Waals surface area contributed by atoms with Crippen LogP contribution in [0.1, 0.15) is 0 Å². The van der Waals surface area contributed by atoms with Crippen molar-refractivity contribution in [1.29, 1.82) is 0 Å². The molecule has 1 aromatic rings. The summed E-state index contributed by atoms with van der Waals surface area (Å²) in [4.78, 5) is 5.05. The van der Waals surface area contributed by atoms with E-state index in [2.05, 4.69) is 30.6 Å². The van der Waals surface area contributed by atoms with Crippen molar-refractivity contribution in [3.05, 3.63) is 18.3 Å². The van der Waals surface area contributed by atoms with Crippen LogP contribution >= 0.6 is 0 Å². The first kappa shape index (κ1) is 15.6. The third-order valence-electron chi connectivity index (χ3n) is 4.25. The largest absolute Gasteiger partial charge is 0.374 e. The van der Waals surface area contributed by atoms with Gasteiger partial charge in [-0.1, -0.05) is 0 Å². The van der Waals surface area contributed by atoms with E-state index in [1.165, 1.54) is 13.1 Å². The van der Waals surface area contributed by atoms with Gasteiger partial charge in [-0.15, -0.1) is 5.10 Å². The molecule has 122 valence electrons. The molecule has 2 fully saturated rings. The van der Waals surface area contributed by atoms with Crippen molar-refractivity contribution in [1.82, 2.24) is 25.3 Å². The number of hydrogen-bond donors (Lipinski definition) is 2. The smallest absolute Gasteiger partial charge is 0.148 e. The van der Waals surface area contributed by atoms with Crippen LogP contribution in [0.15, 0.2) is 18.3 Å². The van der Waals surface area contributed by atoms with E-state index < -0.39 is 0 Å². The van der Waals surface area contributed by atoms with Crippen molar-refractivity contribution < 1.29 is 4.74 Å². The zero-order chi connectivity index (χ0) is 15.0. The second kappa shape index (κ2) is 8.38. The molecule has 2 saturated heterocycles. The van der Waals surface area contributed by atoms with Crippen LogP contribution in [0.3, 0.4) is 0 Å². The number of piperazine rings is 1. The van der Waals surface area contributed by atoms with E-state index in [-0.39, 0.29) is 6.10 Å². The number of nitrogens with zero attached hydrogens (tertiary/aromatic N) is 4. The minimum Gasteiger partial charge on any atom is -0.374 e. The Kier molecular flexibility index (Phi) is 5.94. The number of anilines is 1. The molecule has 2 aliphatic rings. The molecule has 1 aromatic heterocycles. The Morgan fingerprint density at radius 3 is 2.91 bits per heavy atom. The molecule has 1 unspecified atom stereocenters. The molecule has 2 aliphatic heterocycles. The van der Waals surface area contributed by atoms with Gasteiger partial charge in [-0.3, -0.25) is 9.80 Å². The number of nitrogens with one attached hydrogen (secondary N) is 2. The summed E-state index contributed by atoms with van der Waals surface area (Å²) in [6, 6.07) is 3.81. The van der Waals surface area contributed by atoms with Gasteiger partial charge in [0.05, 0.1) is 12.7 Å². The molecular weight excluding hydrogens is 280 g/mol. The monoisotopic (exact) mass is 306 g/mol. The molecular formula is C15H26N6O. The predicted molar refractivity (Wildman–Crippen MR) is 86.0 cm³/mol. The van der Waals surface area contributed by atoms with Crippen LogP contribution in [0.25, 0.3) is 0 Å². The van der Waals surface area contributed by atoms with E-state index in [9.17, 15) is 0 Å². The van der Waals surface area contributed by atoms with Gasteiger partial charge in [0, 0.05) is 65.1 Å². The first-order valence-electron chi connectivity index (χ1n) is 8.19. The maximum absolute atomic E-state index is 5.85. The van der Waals surface area contributed by atoms with Crippen molar-refractivity contribution in [2.75, 3.05) is 70.8 Å². The van der Waals surface area contributed by atoms with Crippen molar-refractivity contribution in [3.8, 4) is 0 Å². The van der Waals surface area contributed by atoms with E-state index in [0.717, 1.165) is 58.2 Å². The van der Waals surface area contributed by atoms with E-state index in [1.807, 2.05) is 12.1 Å². The lowest BCUT2D eigenvalue weighted by Gasteiger charge is -2.35.